The maximum Gasteiger partial charge on any atom is 0.183 e. The lowest BCUT2D eigenvalue weighted by molar-refractivity contribution is 0.0691. The van der Waals surface area contributed by atoms with E-state index >= 15 is 0 Å². The number of fused-ring (bicyclic) bond motifs is 1. The molecule has 0 amide bonds. The van der Waals surface area contributed by atoms with Crippen molar-refractivity contribution >= 4 is 26.7 Å². The molecule has 2 rings (SSSR count). The Bertz CT molecular complexity index is 545. The van der Waals surface area contributed by atoms with Gasteiger partial charge < -0.3 is 19.5 Å². The average molecular weight is 310 g/mol. The number of nitrogens with zero attached hydrogens (tertiary/aromatic N) is 1. The first-order valence-corrected chi connectivity index (χ1v) is 7.90. The monoisotopic (exact) mass is 310 g/mol. The molecule has 0 bridgehead atoms. The standard InChI is InChI=1S/C15H22N2O3S/c1-18-9-10-20-8-4-3-7-16-15-17-13-6-5-12(19-2)11-14(13)21-15/h5-6,11H,3-4,7-10H2,1-2H3,(H,16,17). The number of anilines is 1. The van der Waals surface area contributed by atoms with Crippen LogP contribution < -0.4 is 10.1 Å². The number of ether oxygens (including phenoxy) is 3. The maximum atomic E-state index is 5.42. The number of hydrogen-bond acceptors (Lipinski definition) is 6. The minimum Gasteiger partial charge on any atom is -0.497 e. The largest absolute Gasteiger partial charge is 0.497 e. The van der Waals surface area contributed by atoms with Crippen LogP contribution in [0.3, 0.4) is 0 Å². The van der Waals surface area contributed by atoms with Gasteiger partial charge >= 0.3 is 0 Å². The molecule has 21 heavy (non-hydrogen) atoms. The second-order valence-corrected chi connectivity index (χ2v) is 5.62. The van der Waals surface area contributed by atoms with E-state index in [4.69, 9.17) is 14.2 Å². The highest BCUT2D eigenvalue weighted by atomic mass is 32.1. The highest BCUT2D eigenvalue weighted by Crippen LogP contribution is 2.28. The predicted molar refractivity (Wildman–Crippen MR) is 86.6 cm³/mol. The molecule has 2 aromatic rings. The van der Waals surface area contributed by atoms with Gasteiger partial charge in [0.25, 0.3) is 0 Å². The first-order valence-electron chi connectivity index (χ1n) is 7.08. The molecule has 0 atom stereocenters. The van der Waals surface area contributed by atoms with E-state index in [1.54, 1.807) is 25.6 Å². The fourth-order valence-electron chi connectivity index (χ4n) is 1.88. The molecule has 0 saturated heterocycles. The van der Waals surface area contributed by atoms with E-state index in [0.29, 0.717) is 13.2 Å². The smallest absolute Gasteiger partial charge is 0.183 e. The summed E-state index contributed by atoms with van der Waals surface area (Å²) in [6.07, 6.45) is 2.10. The fourth-order valence-corrected chi connectivity index (χ4v) is 2.80. The first-order chi connectivity index (χ1) is 10.3. The molecular formula is C15H22N2O3S. The van der Waals surface area contributed by atoms with Gasteiger partial charge in [-0.3, -0.25) is 0 Å². The molecule has 0 radical (unpaired) electrons. The van der Waals surface area contributed by atoms with Crippen LogP contribution in [-0.2, 0) is 9.47 Å². The van der Waals surface area contributed by atoms with Crippen LogP contribution in [0.4, 0.5) is 5.13 Å². The fraction of sp³-hybridized carbons (Fsp3) is 0.533. The van der Waals surface area contributed by atoms with Gasteiger partial charge in [0.1, 0.15) is 5.75 Å². The zero-order chi connectivity index (χ0) is 14.9. The van der Waals surface area contributed by atoms with Gasteiger partial charge in [-0.1, -0.05) is 11.3 Å². The van der Waals surface area contributed by atoms with Crippen molar-refractivity contribution in [2.24, 2.45) is 0 Å². The van der Waals surface area contributed by atoms with Crippen molar-refractivity contribution in [2.45, 2.75) is 12.8 Å². The molecule has 0 fully saturated rings. The summed E-state index contributed by atoms with van der Waals surface area (Å²) in [5.41, 5.74) is 1.01. The molecule has 5 nitrogen and oxygen atoms in total. The van der Waals surface area contributed by atoms with E-state index in [0.717, 1.165) is 47.1 Å². The third kappa shape index (κ3) is 5.15. The Morgan fingerprint density at radius 3 is 2.86 bits per heavy atom. The molecule has 6 heteroatoms. The lowest BCUT2D eigenvalue weighted by Gasteiger charge is -2.04. The van der Waals surface area contributed by atoms with Crippen molar-refractivity contribution in [3.05, 3.63) is 18.2 Å². The van der Waals surface area contributed by atoms with Crippen molar-refractivity contribution in [1.29, 1.82) is 0 Å². The van der Waals surface area contributed by atoms with Crippen molar-refractivity contribution < 1.29 is 14.2 Å². The molecule has 0 unspecified atom stereocenters. The number of rotatable bonds is 10. The van der Waals surface area contributed by atoms with Crippen LogP contribution in [0.1, 0.15) is 12.8 Å². The van der Waals surface area contributed by atoms with Gasteiger partial charge in [0.05, 0.1) is 30.5 Å². The molecule has 0 aliphatic rings. The highest BCUT2D eigenvalue weighted by Gasteiger charge is 2.04. The number of thiazole rings is 1. The minimum absolute atomic E-state index is 0.660. The van der Waals surface area contributed by atoms with Crippen LogP contribution in [0.5, 0.6) is 5.75 Å². The number of nitrogens with one attached hydrogen (secondary N) is 1. The summed E-state index contributed by atoms with van der Waals surface area (Å²) in [6.45, 7) is 3.02. The lowest BCUT2D eigenvalue weighted by atomic mass is 10.3. The Morgan fingerprint density at radius 1 is 1.14 bits per heavy atom. The zero-order valence-corrected chi connectivity index (χ0v) is 13.4. The summed E-state index contributed by atoms with van der Waals surface area (Å²) in [5, 5.41) is 4.32. The van der Waals surface area contributed by atoms with E-state index in [1.807, 2.05) is 18.2 Å². The SMILES string of the molecule is COCCOCCCCNc1nc2ccc(OC)cc2s1. The summed E-state index contributed by atoms with van der Waals surface area (Å²) < 4.78 is 16.7. The summed E-state index contributed by atoms with van der Waals surface area (Å²) in [4.78, 5) is 4.55. The van der Waals surface area contributed by atoms with Crippen LogP contribution in [0, 0.1) is 0 Å². The van der Waals surface area contributed by atoms with Crippen molar-refractivity contribution in [3.8, 4) is 5.75 Å². The van der Waals surface area contributed by atoms with Crippen LogP contribution in [0.15, 0.2) is 18.2 Å². The van der Waals surface area contributed by atoms with Crippen LogP contribution in [-0.4, -0.2) is 45.6 Å². The van der Waals surface area contributed by atoms with Gasteiger partial charge in [0.15, 0.2) is 5.13 Å². The van der Waals surface area contributed by atoms with Crippen molar-refractivity contribution in [2.75, 3.05) is 45.9 Å². The number of unbranched alkanes of at least 4 members (excludes halogenated alkanes) is 1. The summed E-state index contributed by atoms with van der Waals surface area (Å²) in [5.74, 6) is 0.867. The molecule has 1 aromatic heterocycles. The Kier molecular flexibility index (Phi) is 6.72. The van der Waals surface area contributed by atoms with Crippen LogP contribution in [0.2, 0.25) is 0 Å². The van der Waals surface area contributed by atoms with Gasteiger partial charge in [-0.25, -0.2) is 4.98 Å². The van der Waals surface area contributed by atoms with Crippen molar-refractivity contribution in [3.63, 3.8) is 0 Å². The van der Waals surface area contributed by atoms with E-state index in [2.05, 4.69) is 10.3 Å². The third-order valence-electron chi connectivity index (χ3n) is 3.02. The van der Waals surface area contributed by atoms with Crippen molar-refractivity contribution in [1.82, 2.24) is 4.98 Å². The lowest BCUT2D eigenvalue weighted by Crippen LogP contribution is -2.06. The van der Waals surface area contributed by atoms with Gasteiger partial charge in [0, 0.05) is 20.3 Å². The van der Waals surface area contributed by atoms with E-state index < -0.39 is 0 Å². The highest BCUT2D eigenvalue weighted by molar-refractivity contribution is 7.22. The third-order valence-corrected chi connectivity index (χ3v) is 3.99. The zero-order valence-electron chi connectivity index (χ0n) is 12.6. The maximum absolute atomic E-state index is 5.42. The summed E-state index contributed by atoms with van der Waals surface area (Å²) in [7, 11) is 3.36. The molecule has 1 aromatic carbocycles. The Hall–Kier alpha value is -1.37. The summed E-state index contributed by atoms with van der Waals surface area (Å²) in [6, 6.07) is 5.94. The molecule has 116 valence electrons. The van der Waals surface area contributed by atoms with Gasteiger partial charge in [-0.05, 0) is 31.0 Å². The van der Waals surface area contributed by atoms with Gasteiger partial charge in [-0.2, -0.15) is 0 Å². The van der Waals surface area contributed by atoms with Gasteiger partial charge in [0.2, 0.25) is 0 Å². The first kappa shape index (κ1) is 16.0. The van der Waals surface area contributed by atoms with E-state index in [-0.39, 0.29) is 0 Å². The van der Waals surface area contributed by atoms with Gasteiger partial charge in [-0.15, -0.1) is 0 Å². The summed E-state index contributed by atoms with van der Waals surface area (Å²) >= 11 is 1.65. The molecule has 0 aliphatic heterocycles. The molecule has 0 aliphatic carbocycles. The Morgan fingerprint density at radius 2 is 2.05 bits per heavy atom. The van der Waals surface area contributed by atoms with Crippen LogP contribution in [0.25, 0.3) is 10.2 Å². The molecule has 0 spiro atoms. The predicted octanol–water partition coefficient (Wildman–Crippen LogP) is 3.16. The quantitative estimate of drug-likeness (QED) is 0.683. The Balaban J connectivity index is 1.69. The normalized spacial score (nSPS) is 11.0. The number of aromatic nitrogens is 1. The van der Waals surface area contributed by atoms with E-state index in [9.17, 15) is 0 Å². The molecular weight excluding hydrogens is 288 g/mol. The van der Waals surface area contributed by atoms with Crippen LogP contribution >= 0.6 is 11.3 Å². The molecule has 1 heterocycles. The number of benzene rings is 1. The topological polar surface area (TPSA) is 52.6 Å². The molecule has 0 saturated carbocycles. The van der Waals surface area contributed by atoms with E-state index in [1.165, 1.54) is 0 Å². The second kappa shape index (κ2) is 8.81. The second-order valence-electron chi connectivity index (χ2n) is 4.59. The number of hydrogen-bond donors (Lipinski definition) is 1. The molecule has 1 N–H and O–H groups in total. The average Bonchev–Trinajstić information content (AvgIpc) is 2.91. The number of methoxy groups -OCH3 is 2. The Labute approximate surface area is 129 Å². The minimum atomic E-state index is 0.660.